The third kappa shape index (κ3) is 3.48. The van der Waals surface area contributed by atoms with Crippen LogP contribution in [0.2, 0.25) is 0 Å². The van der Waals surface area contributed by atoms with E-state index in [9.17, 15) is 14.7 Å². The molecule has 1 saturated heterocycles. The zero-order valence-corrected chi connectivity index (χ0v) is 14.3. The van der Waals surface area contributed by atoms with Gasteiger partial charge in [-0.2, -0.15) is 0 Å². The van der Waals surface area contributed by atoms with Gasteiger partial charge in [0.05, 0.1) is 31.1 Å². The number of thioether (sulfide) groups is 1. The lowest BCUT2D eigenvalue weighted by molar-refractivity contribution is -0.309. The average Bonchev–Trinajstić information content (AvgIpc) is 2.80. The summed E-state index contributed by atoms with van der Waals surface area (Å²) in [4.78, 5) is 24.7. The van der Waals surface area contributed by atoms with Crippen LogP contribution < -0.4 is 14.6 Å². The van der Waals surface area contributed by atoms with Crippen molar-refractivity contribution in [3.05, 3.63) is 28.7 Å². The van der Waals surface area contributed by atoms with Crippen LogP contribution >= 0.6 is 24.0 Å². The third-order valence-electron chi connectivity index (χ3n) is 3.26. The average molecular weight is 352 g/mol. The van der Waals surface area contributed by atoms with Crippen molar-refractivity contribution in [2.24, 2.45) is 0 Å². The molecule has 0 radical (unpaired) electrons. The van der Waals surface area contributed by atoms with E-state index in [-0.39, 0.29) is 4.32 Å². The Morgan fingerprint density at radius 2 is 2.00 bits per heavy atom. The summed E-state index contributed by atoms with van der Waals surface area (Å²) < 4.78 is 10.6. The van der Waals surface area contributed by atoms with E-state index in [1.165, 1.54) is 21.1 Å². The number of rotatable bonds is 5. The van der Waals surface area contributed by atoms with Gasteiger partial charge in [-0.3, -0.25) is 9.69 Å². The summed E-state index contributed by atoms with van der Waals surface area (Å²) in [6.07, 6.45) is 1.63. The molecule has 1 amide bonds. The zero-order valence-electron chi connectivity index (χ0n) is 12.7. The van der Waals surface area contributed by atoms with Gasteiger partial charge < -0.3 is 19.4 Å². The lowest BCUT2D eigenvalue weighted by atomic mass is 10.1. The molecule has 1 fully saturated rings. The van der Waals surface area contributed by atoms with Crippen LogP contribution in [0.3, 0.4) is 0 Å². The highest BCUT2D eigenvalue weighted by atomic mass is 32.2. The molecule has 122 valence electrons. The standard InChI is InChI=1S/C15H15NO5S2/c1-8(14(18)19)16-13(17)12(23-15(16)22)7-9-4-5-10(20-2)11(6-9)21-3/h4-8H,1-3H3,(H,18,19)/p-1/b12-7-/t8-/m1/s1. The van der Waals surface area contributed by atoms with E-state index in [0.29, 0.717) is 22.0 Å². The van der Waals surface area contributed by atoms with E-state index in [0.717, 1.165) is 16.7 Å². The number of carboxylic acid groups (broad SMARTS) is 1. The summed E-state index contributed by atoms with van der Waals surface area (Å²) in [5.74, 6) is -0.706. The van der Waals surface area contributed by atoms with Gasteiger partial charge in [-0.15, -0.1) is 0 Å². The topological polar surface area (TPSA) is 78.9 Å². The minimum Gasteiger partial charge on any atom is -0.548 e. The van der Waals surface area contributed by atoms with Crippen molar-refractivity contribution in [1.82, 2.24) is 4.90 Å². The van der Waals surface area contributed by atoms with E-state index in [4.69, 9.17) is 21.7 Å². The summed E-state index contributed by atoms with van der Waals surface area (Å²) in [6, 6.07) is 4.08. The van der Waals surface area contributed by atoms with Gasteiger partial charge in [-0.25, -0.2) is 0 Å². The summed E-state index contributed by atoms with van der Waals surface area (Å²) in [5.41, 5.74) is 0.712. The second-order valence-electron chi connectivity index (χ2n) is 4.66. The molecule has 1 aromatic rings. The Morgan fingerprint density at radius 1 is 1.35 bits per heavy atom. The normalized spacial score (nSPS) is 17.5. The van der Waals surface area contributed by atoms with Crippen LogP contribution in [0.25, 0.3) is 6.08 Å². The number of nitrogens with zero attached hydrogens (tertiary/aromatic N) is 1. The molecule has 1 heterocycles. The zero-order chi connectivity index (χ0) is 17.1. The van der Waals surface area contributed by atoms with Gasteiger partial charge in [0.2, 0.25) is 0 Å². The lowest BCUT2D eigenvalue weighted by Gasteiger charge is -2.23. The number of carbonyl (C=O) groups excluding carboxylic acids is 2. The van der Waals surface area contributed by atoms with E-state index >= 15 is 0 Å². The fourth-order valence-corrected chi connectivity index (χ4v) is 3.43. The minimum atomic E-state index is -1.35. The molecule has 23 heavy (non-hydrogen) atoms. The molecule has 2 rings (SSSR count). The maximum Gasteiger partial charge on any atom is 0.266 e. The monoisotopic (exact) mass is 352 g/mol. The van der Waals surface area contributed by atoms with Gasteiger partial charge in [-0.05, 0) is 30.7 Å². The quantitative estimate of drug-likeness (QED) is 0.579. The first-order valence-electron chi connectivity index (χ1n) is 6.59. The van der Waals surface area contributed by atoms with Crippen molar-refractivity contribution in [3.63, 3.8) is 0 Å². The summed E-state index contributed by atoms with van der Waals surface area (Å²) in [6.45, 7) is 1.36. The number of thiocarbonyl (C=S) groups is 1. The lowest BCUT2D eigenvalue weighted by Crippen LogP contribution is -2.48. The molecule has 1 atom stereocenters. The molecule has 6 nitrogen and oxygen atoms in total. The Balaban J connectivity index is 2.32. The van der Waals surface area contributed by atoms with Crippen molar-refractivity contribution in [2.45, 2.75) is 13.0 Å². The number of carbonyl (C=O) groups is 2. The largest absolute Gasteiger partial charge is 0.548 e. The van der Waals surface area contributed by atoms with Gasteiger partial charge in [-0.1, -0.05) is 30.0 Å². The van der Waals surface area contributed by atoms with Gasteiger partial charge in [0, 0.05) is 0 Å². The second kappa shape index (κ2) is 7.01. The van der Waals surface area contributed by atoms with Gasteiger partial charge in [0.15, 0.2) is 11.5 Å². The molecule has 1 aliphatic heterocycles. The molecule has 0 aliphatic carbocycles. The van der Waals surface area contributed by atoms with Crippen LogP contribution in [0, 0.1) is 0 Å². The van der Waals surface area contributed by atoms with Crippen LogP contribution in [0.15, 0.2) is 23.1 Å². The van der Waals surface area contributed by atoms with E-state index < -0.39 is 17.9 Å². The second-order valence-corrected chi connectivity index (χ2v) is 6.34. The van der Waals surface area contributed by atoms with Gasteiger partial charge in [0.25, 0.3) is 5.91 Å². The first-order chi connectivity index (χ1) is 10.9. The van der Waals surface area contributed by atoms with Crippen molar-refractivity contribution < 1.29 is 24.2 Å². The maximum atomic E-state index is 12.3. The smallest absolute Gasteiger partial charge is 0.266 e. The molecule has 0 spiro atoms. The summed E-state index contributed by atoms with van der Waals surface area (Å²) in [5, 5.41) is 11.0. The summed E-state index contributed by atoms with van der Waals surface area (Å²) in [7, 11) is 3.05. The molecule has 1 aliphatic rings. The van der Waals surface area contributed by atoms with Crippen molar-refractivity contribution in [3.8, 4) is 11.5 Å². The SMILES string of the molecule is COc1ccc(/C=C2\SC(=S)N([C@H](C)C(=O)[O-])C2=O)cc1OC. The highest BCUT2D eigenvalue weighted by Gasteiger charge is 2.35. The molecular weight excluding hydrogens is 338 g/mol. The number of ether oxygens (including phenoxy) is 2. The maximum absolute atomic E-state index is 12.3. The Kier molecular flexibility index (Phi) is 5.27. The van der Waals surface area contributed by atoms with E-state index in [1.54, 1.807) is 24.3 Å². The van der Waals surface area contributed by atoms with Crippen LogP contribution in [0.5, 0.6) is 11.5 Å². The van der Waals surface area contributed by atoms with E-state index in [1.807, 2.05) is 0 Å². The Morgan fingerprint density at radius 3 is 2.57 bits per heavy atom. The molecule has 0 unspecified atom stereocenters. The first kappa shape index (κ1) is 17.3. The van der Waals surface area contributed by atoms with Crippen LogP contribution in [-0.4, -0.2) is 41.4 Å². The van der Waals surface area contributed by atoms with Gasteiger partial charge in [0.1, 0.15) is 4.32 Å². The van der Waals surface area contributed by atoms with E-state index in [2.05, 4.69) is 0 Å². The Bertz CT molecular complexity index is 701. The molecule has 0 aromatic heterocycles. The number of hydrogen-bond acceptors (Lipinski definition) is 7. The third-order valence-corrected chi connectivity index (χ3v) is 4.59. The molecule has 0 saturated carbocycles. The highest BCUT2D eigenvalue weighted by molar-refractivity contribution is 8.26. The molecule has 8 heteroatoms. The van der Waals surface area contributed by atoms with Gasteiger partial charge >= 0.3 is 0 Å². The van der Waals surface area contributed by atoms with Crippen LogP contribution in [-0.2, 0) is 9.59 Å². The number of benzene rings is 1. The van der Waals surface area contributed by atoms with Crippen molar-refractivity contribution >= 4 is 46.3 Å². The number of methoxy groups -OCH3 is 2. The molecule has 0 bridgehead atoms. The molecular formula is C15H14NO5S2-. The predicted molar refractivity (Wildman–Crippen MR) is 89.0 cm³/mol. The molecule has 0 N–H and O–H groups in total. The number of carboxylic acids is 1. The predicted octanol–water partition coefficient (Wildman–Crippen LogP) is 1.04. The van der Waals surface area contributed by atoms with Crippen molar-refractivity contribution in [1.29, 1.82) is 0 Å². The first-order valence-corrected chi connectivity index (χ1v) is 7.81. The van der Waals surface area contributed by atoms with Crippen molar-refractivity contribution in [2.75, 3.05) is 14.2 Å². The minimum absolute atomic E-state index is 0.193. The van der Waals surface area contributed by atoms with Crippen LogP contribution in [0.4, 0.5) is 0 Å². The fourth-order valence-electron chi connectivity index (χ4n) is 2.01. The number of hydrogen-bond donors (Lipinski definition) is 0. The Hall–Kier alpha value is -2.06. The number of amides is 1. The molecule has 1 aromatic carbocycles. The van der Waals surface area contributed by atoms with Crippen LogP contribution in [0.1, 0.15) is 12.5 Å². The Labute approximate surface area is 143 Å². The fraction of sp³-hybridized carbons (Fsp3) is 0.267. The summed E-state index contributed by atoms with van der Waals surface area (Å²) >= 11 is 6.14. The highest BCUT2D eigenvalue weighted by Crippen LogP contribution is 2.35. The number of aliphatic carboxylic acids is 1.